The number of hydrogen-bond acceptors (Lipinski definition) is 3. The van der Waals surface area contributed by atoms with Crippen LogP contribution in [0.2, 0.25) is 0 Å². The van der Waals surface area contributed by atoms with Gasteiger partial charge in [-0.3, -0.25) is 4.79 Å². The number of carbonyl (C=O) groups is 1. The van der Waals surface area contributed by atoms with Crippen molar-refractivity contribution in [1.29, 1.82) is 0 Å². The second kappa shape index (κ2) is 9.82. The molecule has 1 atom stereocenters. The summed E-state index contributed by atoms with van der Waals surface area (Å²) in [7, 11) is 1.90. The molecule has 1 unspecified atom stereocenters. The molecule has 0 aromatic heterocycles. The van der Waals surface area contributed by atoms with Crippen LogP contribution >= 0.6 is 24.8 Å². The SMILES string of the molecule is CC(C)C(N)C(=O)N(C)C1CCN(C(C)C)CC1.Cl.Cl. The molecule has 6 heteroatoms. The van der Waals surface area contributed by atoms with Crippen LogP contribution in [0.4, 0.5) is 0 Å². The first-order valence-electron chi connectivity index (χ1n) is 7.11. The zero-order valence-corrected chi connectivity index (χ0v) is 15.0. The van der Waals surface area contributed by atoms with E-state index in [1.54, 1.807) is 0 Å². The highest BCUT2D eigenvalue weighted by atomic mass is 35.5. The van der Waals surface area contributed by atoms with Gasteiger partial charge in [-0.15, -0.1) is 24.8 Å². The van der Waals surface area contributed by atoms with Gasteiger partial charge >= 0.3 is 0 Å². The van der Waals surface area contributed by atoms with Crippen molar-refractivity contribution in [1.82, 2.24) is 9.80 Å². The van der Waals surface area contributed by atoms with E-state index in [1.165, 1.54) is 0 Å². The van der Waals surface area contributed by atoms with E-state index in [-0.39, 0.29) is 42.7 Å². The van der Waals surface area contributed by atoms with Crippen LogP contribution < -0.4 is 5.73 Å². The highest BCUT2D eigenvalue weighted by Gasteiger charge is 2.29. The summed E-state index contributed by atoms with van der Waals surface area (Å²) < 4.78 is 0. The van der Waals surface area contributed by atoms with Crippen LogP contribution in [0.1, 0.15) is 40.5 Å². The molecule has 0 aromatic rings. The van der Waals surface area contributed by atoms with Crippen molar-refractivity contribution in [2.45, 2.75) is 58.7 Å². The predicted molar refractivity (Wildman–Crippen MR) is 89.8 cm³/mol. The molecule has 1 fully saturated rings. The molecule has 0 aliphatic carbocycles. The van der Waals surface area contributed by atoms with Crippen molar-refractivity contribution in [3.8, 4) is 0 Å². The van der Waals surface area contributed by atoms with E-state index in [0.29, 0.717) is 12.1 Å². The lowest BCUT2D eigenvalue weighted by molar-refractivity contribution is -0.135. The first-order valence-corrected chi connectivity index (χ1v) is 7.11. The van der Waals surface area contributed by atoms with E-state index in [0.717, 1.165) is 25.9 Å². The van der Waals surface area contributed by atoms with E-state index in [1.807, 2.05) is 25.8 Å². The van der Waals surface area contributed by atoms with E-state index in [9.17, 15) is 4.79 Å². The zero-order chi connectivity index (χ0) is 13.9. The quantitative estimate of drug-likeness (QED) is 0.860. The maximum Gasteiger partial charge on any atom is 0.239 e. The molecule has 1 heterocycles. The fourth-order valence-corrected chi connectivity index (χ4v) is 2.49. The molecular weight excluding hydrogens is 297 g/mol. The van der Waals surface area contributed by atoms with Crippen molar-refractivity contribution in [2.75, 3.05) is 20.1 Å². The number of nitrogens with two attached hydrogens (primary N) is 1. The monoisotopic (exact) mass is 327 g/mol. The topological polar surface area (TPSA) is 49.6 Å². The third-order valence-corrected chi connectivity index (χ3v) is 4.13. The van der Waals surface area contributed by atoms with Crippen LogP contribution in [0.25, 0.3) is 0 Å². The van der Waals surface area contributed by atoms with Crippen molar-refractivity contribution >= 4 is 30.7 Å². The fourth-order valence-electron chi connectivity index (χ4n) is 2.49. The minimum absolute atomic E-state index is 0. The second-order valence-electron chi connectivity index (χ2n) is 6.08. The molecule has 0 spiro atoms. The average Bonchev–Trinajstić information content (AvgIpc) is 2.36. The maximum absolute atomic E-state index is 12.2. The van der Waals surface area contributed by atoms with Gasteiger partial charge in [-0.1, -0.05) is 13.8 Å². The average molecular weight is 328 g/mol. The molecule has 1 aliphatic rings. The van der Waals surface area contributed by atoms with Gasteiger partial charge in [-0.05, 0) is 32.6 Å². The Morgan fingerprint density at radius 3 is 1.95 bits per heavy atom. The number of rotatable bonds is 4. The third kappa shape index (κ3) is 5.76. The number of likely N-dealkylation sites (N-methyl/N-ethyl adjacent to an activating group) is 1. The fraction of sp³-hybridized carbons (Fsp3) is 0.929. The zero-order valence-electron chi connectivity index (χ0n) is 13.3. The van der Waals surface area contributed by atoms with Crippen LogP contribution in [0, 0.1) is 5.92 Å². The molecule has 1 rings (SSSR count). The van der Waals surface area contributed by atoms with Crippen LogP contribution in [0.5, 0.6) is 0 Å². The van der Waals surface area contributed by atoms with E-state index < -0.39 is 0 Å². The van der Waals surface area contributed by atoms with E-state index in [2.05, 4.69) is 18.7 Å². The van der Waals surface area contributed by atoms with E-state index in [4.69, 9.17) is 5.73 Å². The van der Waals surface area contributed by atoms with Gasteiger partial charge in [0.05, 0.1) is 6.04 Å². The Balaban J connectivity index is 0. The standard InChI is InChI=1S/C14H29N3O.2ClH/c1-10(2)13(15)14(18)16(5)12-6-8-17(9-7-12)11(3)4;;/h10-13H,6-9,15H2,1-5H3;2*1H. The van der Waals surface area contributed by atoms with Crippen LogP contribution in [-0.4, -0.2) is 54.0 Å². The Hall–Kier alpha value is -0.0300. The van der Waals surface area contributed by atoms with Gasteiger partial charge in [-0.2, -0.15) is 0 Å². The normalized spacial score (nSPS) is 18.4. The predicted octanol–water partition coefficient (Wildman–Crippen LogP) is 2.14. The van der Waals surface area contributed by atoms with Gasteiger partial charge in [0.2, 0.25) is 5.91 Å². The molecule has 0 radical (unpaired) electrons. The van der Waals surface area contributed by atoms with Crippen LogP contribution in [0.15, 0.2) is 0 Å². The number of amides is 1. The van der Waals surface area contributed by atoms with Gasteiger partial charge in [0.15, 0.2) is 0 Å². The lowest BCUT2D eigenvalue weighted by Crippen LogP contribution is -2.52. The van der Waals surface area contributed by atoms with Crippen LogP contribution in [0.3, 0.4) is 0 Å². The summed E-state index contributed by atoms with van der Waals surface area (Å²) in [6.45, 7) is 10.6. The Morgan fingerprint density at radius 1 is 1.15 bits per heavy atom. The highest BCUT2D eigenvalue weighted by molar-refractivity contribution is 5.85. The smallest absolute Gasteiger partial charge is 0.239 e. The Bertz CT molecular complexity index is 280. The summed E-state index contributed by atoms with van der Waals surface area (Å²) in [6, 6.07) is 0.598. The van der Waals surface area contributed by atoms with Gasteiger partial charge in [0, 0.05) is 32.2 Å². The number of piperidine rings is 1. The first-order chi connectivity index (χ1) is 8.34. The Kier molecular flexibility index (Phi) is 10.9. The summed E-state index contributed by atoms with van der Waals surface area (Å²) in [5.41, 5.74) is 5.94. The summed E-state index contributed by atoms with van der Waals surface area (Å²) >= 11 is 0. The van der Waals surface area contributed by atoms with Crippen molar-refractivity contribution < 1.29 is 4.79 Å². The van der Waals surface area contributed by atoms with Crippen molar-refractivity contribution in [3.63, 3.8) is 0 Å². The summed E-state index contributed by atoms with van der Waals surface area (Å²) in [5.74, 6) is 0.295. The number of likely N-dealkylation sites (tertiary alicyclic amines) is 1. The second-order valence-corrected chi connectivity index (χ2v) is 6.08. The third-order valence-electron chi connectivity index (χ3n) is 4.13. The minimum atomic E-state index is -0.363. The molecule has 122 valence electrons. The molecule has 20 heavy (non-hydrogen) atoms. The molecule has 2 N–H and O–H groups in total. The number of carbonyl (C=O) groups excluding carboxylic acids is 1. The first kappa shape index (κ1) is 22.3. The minimum Gasteiger partial charge on any atom is -0.341 e. The maximum atomic E-state index is 12.2. The molecule has 1 amide bonds. The molecule has 4 nitrogen and oxygen atoms in total. The highest BCUT2D eigenvalue weighted by Crippen LogP contribution is 2.18. The molecule has 1 saturated heterocycles. The Labute approximate surface area is 136 Å². The number of hydrogen-bond donors (Lipinski definition) is 1. The summed E-state index contributed by atoms with van der Waals surface area (Å²) in [5, 5.41) is 0. The molecule has 1 aliphatic heterocycles. The van der Waals surface area contributed by atoms with Crippen molar-refractivity contribution in [3.05, 3.63) is 0 Å². The lowest BCUT2D eigenvalue weighted by Gasteiger charge is -2.39. The van der Waals surface area contributed by atoms with Gasteiger partial charge in [0.25, 0.3) is 0 Å². The molecule has 0 aromatic carbocycles. The van der Waals surface area contributed by atoms with Crippen LogP contribution in [-0.2, 0) is 4.79 Å². The van der Waals surface area contributed by atoms with Crippen molar-refractivity contribution in [2.24, 2.45) is 11.7 Å². The summed E-state index contributed by atoms with van der Waals surface area (Å²) in [6.07, 6.45) is 2.12. The summed E-state index contributed by atoms with van der Waals surface area (Å²) in [4.78, 5) is 16.5. The Morgan fingerprint density at radius 2 is 1.60 bits per heavy atom. The lowest BCUT2D eigenvalue weighted by atomic mass is 9.99. The molecular formula is C14H31Cl2N3O. The van der Waals surface area contributed by atoms with Gasteiger partial charge in [0.1, 0.15) is 0 Å². The number of nitrogens with zero attached hydrogens (tertiary/aromatic N) is 2. The molecule has 0 saturated carbocycles. The molecule has 0 bridgehead atoms. The van der Waals surface area contributed by atoms with E-state index >= 15 is 0 Å². The van der Waals surface area contributed by atoms with Gasteiger partial charge < -0.3 is 15.5 Å². The van der Waals surface area contributed by atoms with Gasteiger partial charge in [-0.25, -0.2) is 0 Å². The largest absolute Gasteiger partial charge is 0.341 e. The number of halogens is 2.